The monoisotopic (exact) mass is 328 g/mol. The fourth-order valence-corrected chi connectivity index (χ4v) is 2.31. The molecule has 1 unspecified atom stereocenters. The molecule has 1 atom stereocenters. The van der Waals surface area contributed by atoms with Gasteiger partial charge in [-0.1, -0.05) is 58.7 Å². The van der Waals surface area contributed by atoms with Crippen molar-refractivity contribution in [3.63, 3.8) is 0 Å². The molecule has 3 nitrogen and oxygen atoms in total. The SMILES string of the molecule is Cc1ccc(C(C)c2ncno2)cc1.Cc1cccc(Cl)c1C. The van der Waals surface area contributed by atoms with Crippen molar-refractivity contribution in [2.75, 3.05) is 0 Å². The Labute approximate surface area is 142 Å². The molecule has 3 aromatic rings. The van der Waals surface area contributed by atoms with Crippen LogP contribution in [0, 0.1) is 20.8 Å². The average Bonchev–Trinajstić information content (AvgIpc) is 3.08. The minimum atomic E-state index is 0.165. The van der Waals surface area contributed by atoms with Crippen LogP contribution in [0.4, 0.5) is 0 Å². The number of nitrogens with zero attached hydrogens (tertiary/aromatic N) is 2. The highest BCUT2D eigenvalue weighted by Gasteiger charge is 2.12. The average molecular weight is 329 g/mol. The molecule has 0 spiro atoms. The van der Waals surface area contributed by atoms with Gasteiger partial charge in [0.25, 0.3) is 0 Å². The van der Waals surface area contributed by atoms with Crippen molar-refractivity contribution in [3.05, 3.63) is 82.0 Å². The zero-order valence-electron chi connectivity index (χ0n) is 13.9. The maximum Gasteiger partial charge on any atom is 0.233 e. The van der Waals surface area contributed by atoms with Crippen molar-refractivity contribution >= 4 is 11.6 Å². The van der Waals surface area contributed by atoms with Gasteiger partial charge in [-0.05, 0) is 50.5 Å². The largest absolute Gasteiger partial charge is 0.339 e. The molecule has 0 amide bonds. The summed E-state index contributed by atoms with van der Waals surface area (Å²) in [4.78, 5) is 4.04. The zero-order valence-corrected chi connectivity index (χ0v) is 14.6. The van der Waals surface area contributed by atoms with E-state index < -0.39 is 0 Å². The van der Waals surface area contributed by atoms with Crippen LogP contribution < -0.4 is 0 Å². The third-order valence-corrected chi connectivity index (χ3v) is 4.27. The van der Waals surface area contributed by atoms with Crippen LogP contribution >= 0.6 is 11.6 Å². The Bertz CT molecular complexity index is 716. The van der Waals surface area contributed by atoms with Gasteiger partial charge in [0.15, 0.2) is 6.33 Å². The van der Waals surface area contributed by atoms with E-state index in [1.807, 2.05) is 19.1 Å². The molecule has 0 radical (unpaired) electrons. The quantitative estimate of drug-likeness (QED) is 0.624. The van der Waals surface area contributed by atoms with Gasteiger partial charge in [0, 0.05) is 5.02 Å². The van der Waals surface area contributed by atoms with Gasteiger partial charge < -0.3 is 4.52 Å². The van der Waals surface area contributed by atoms with Gasteiger partial charge in [-0.15, -0.1) is 0 Å². The van der Waals surface area contributed by atoms with Crippen molar-refractivity contribution in [1.29, 1.82) is 0 Å². The lowest BCUT2D eigenvalue weighted by atomic mass is 10.0. The number of aryl methyl sites for hydroxylation is 2. The lowest BCUT2D eigenvalue weighted by molar-refractivity contribution is 0.369. The standard InChI is InChI=1S/C11H12N2O.C8H9Cl/c1-8-3-5-10(6-4-8)9(2)11-12-7-13-14-11;1-6-4-3-5-8(9)7(6)2/h3-7,9H,1-2H3;3-5H,1-2H3. The normalized spacial score (nSPS) is 11.5. The first-order valence-corrected chi connectivity index (χ1v) is 7.91. The van der Waals surface area contributed by atoms with Crippen LogP contribution in [0.5, 0.6) is 0 Å². The molecule has 1 aromatic heterocycles. The summed E-state index contributed by atoms with van der Waals surface area (Å²) < 4.78 is 5.02. The highest BCUT2D eigenvalue weighted by molar-refractivity contribution is 6.31. The topological polar surface area (TPSA) is 38.9 Å². The first-order chi connectivity index (χ1) is 11.0. The number of rotatable bonds is 2. The predicted octanol–water partition coefficient (Wildman–Crippen LogP) is 5.49. The highest BCUT2D eigenvalue weighted by atomic mass is 35.5. The summed E-state index contributed by atoms with van der Waals surface area (Å²) in [5, 5.41) is 4.46. The summed E-state index contributed by atoms with van der Waals surface area (Å²) in [5.74, 6) is 0.826. The minimum absolute atomic E-state index is 0.165. The van der Waals surface area contributed by atoms with E-state index in [4.69, 9.17) is 16.1 Å². The fourth-order valence-electron chi connectivity index (χ4n) is 2.09. The molecular weight excluding hydrogens is 308 g/mol. The second kappa shape index (κ2) is 7.93. The number of hydrogen-bond acceptors (Lipinski definition) is 3. The van der Waals surface area contributed by atoms with Crippen molar-refractivity contribution in [2.45, 2.75) is 33.6 Å². The molecule has 0 bridgehead atoms. The van der Waals surface area contributed by atoms with Crippen molar-refractivity contribution in [2.24, 2.45) is 0 Å². The summed E-state index contributed by atoms with van der Waals surface area (Å²) in [7, 11) is 0. The van der Waals surface area contributed by atoms with Crippen LogP contribution in [0.25, 0.3) is 0 Å². The molecule has 0 aliphatic carbocycles. The summed E-state index contributed by atoms with van der Waals surface area (Å²) in [6.07, 6.45) is 1.43. The Morgan fingerprint density at radius 2 is 1.70 bits per heavy atom. The predicted molar refractivity (Wildman–Crippen MR) is 93.9 cm³/mol. The molecular formula is C19H21ClN2O. The molecule has 120 valence electrons. The van der Waals surface area contributed by atoms with Crippen molar-refractivity contribution in [1.82, 2.24) is 10.1 Å². The van der Waals surface area contributed by atoms with E-state index in [1.165, 1.54) is 28.6 Å². The maximum absolute atomic E-state index is 5.81. The molecule has 3 rings (SSSR count). The molecule has 0 N–H and O–H groups in total. The zero-order chi connectivity index (χ0) is 16.8. The molecule has 0 aliphatic rings. The van der Waals surface area contributed by atoms with E-state index in [1.54, 1.807) is 0 Å². The molecule has 0 saturated heterocycles. The second-order valence-electron chi connectivity index (χ2n) is 5.59. The lowest BCUT2D eigenvalue weighted by Crippen LogP contribution is -1.95. The van der Waals surface area contributed by atoms with E-state index in [-0.39, 0.29) is 5.92 Å². The molecule has 0 saturated carbocycles. The Balaban J connectivity index is 0.000000185. The molecule has 0 aliphatic heterocycles. The summed E-state index contributed by atoms with van der Waals surface area (Å²) >= 11 is 5.81. The van der Waals surface area contributed by atoms with Gasteiger partial charge in [-0.2, -0.15) is 4.98 Å². The van der Waals surface area contributed by atoms with Crippen molar-refractivity contribution in [3.8, 4) is 0 Å². The fraction of sp³-hybridized carbons (Fsp3) is 0.263. The molecule has 1 heterocycles. The number of aromatic nitrogens is 2. The maximum atomic E-state index is 5.81. The van der Waals surface area contributed by atoms with E-state index in [0.29, 0.717) is 5.89 Å². The Morgan fingerprint density at radius 3 is 2.22 bits per heavy atom. The Hall–Kier alpha value is -2.13. The van der Waals surface area contributed by atoms with Gasteiger partial charge in [0.2, 0.25) is 5.89 Å². The van der Waals surface area contributed by atoms with Gasteiger partial charge in [0.05, 0.1) is 5.92 Å². The van der Waals surface area contributed by atoms with E-state index >= 15 is 0 Å². The first-order valence-electron chi connectivity index (χ1n) is 7.54. The first kappa shape index (κ1) is 17.2. The van der Waals surface area contributed by atoms with Crippen molar-refractivity contribution < 1.29 is 4.52 Å². The highest BCUT2D eigenvalue weighted by Crippen LogP contribution is 2.21. The summed E-state index contributed by atoms with van der Waals surface area (Å²) in [6.45, 7) is 8.21. The van der Waals surface area contributed by atoms with Gasteiger partial charge in [0.1, 0.15) is 0 Å². The van der Waals surface area contributed by atoms with Gasteiger partial charge in [-0.3, -0.25) is 0 Å². The third-order valence-electron chi connectivity index (χ3n) is 3.86. The molecule has 2 aromatic carbocycles. The van der Waals surface area contributed by atoms with Gasteiger partial charge in [-0.25, -0.2) is 0 Å². The van der Waals surface area contributed by atoms with Crippen LogP contribution in [0.15, 0.2) is 53.3 Å². The van der Waals surface area contributed by atoms with E-state index in [2.05, 4.69) is 61.2 Å². The Morgan fingerprint density at radius 1 is 1.00 bits per heavy atom. The molecule has 23 heavy (non-hydrogen) atoms. The van der Waals surface area contributed by atoms with Crippen LogP contribution in [0.1, 0.15) is 41.0 Å². The second-order valence-corrected chi connectivity index (χ2v) is 6.00. The smallest absolute Gasteiger partial charge is 0.233 e. The van der Waals surface area contributed by atoms with Crippen LogP contribution in [0.2, 0.25) is 5.02 Å². The molecule has 4 heteroatoms. The lowest BCUT2D eigenvalue weighted by Gasteiger charge is -2.06. The molecule has 0 fully saturated rings. The summed E-state index contributed by atoms with van der Waals surface area (Å²) in [5.41, 5.74) is 4.88. The minimum Gasteiger partial charge on any atom is -0.339 e. The van der Waals surface area contributed by atoms with Crippen LogP contribution in [-0.4, -0.2) is 10.1 Å². The number of hydrogen-bond donors (Lipinski definition) is 0. The van der Waals surface area contributed by atoms with Crippen LogP contribution in [-0.2, 0) is 0 Å². The number of benzene rings is 2. The Kier molecular flexibility index (Phi) is 5.94. The van der Waals surface area contributed by atoms with Gasteiger partial charge >= 0.3 is 0 Å². The van der Waals surface area contributed by atoms with E-state index in [0.717, 1.165) is 5.02 Å². The van der Waals surface area contributed by atoms with Crippen LogP contribution in [0.3, 0.4) is 0 Å². The van der Waals surface area contributed by atoms with E-state index in [9.17, 15) is 0 Å². The summed E-state index contributed by atoms with van der Waals surface area (Å²) in [6, 6.07) is 14.3. The third kappa shape index (κ3) is 4.67. The number of halogens is 1.